The first-order valence-corrected chi connectivity index (χ1v) is 16.0. The molecule has 6 rings (SSSR count). The number of amides is 2. The highest BCUT2D eigenvalue weighted by Crippen LogP contribution is 2.46. The summed E-state index contributed by atoms with van der Waals surface area (Å²) < 4.78 is 33.7. The van der Waals surface area contributed by atoms with Crippen LogP contribution in [0.3, 0.4) is 0 Å². The summed E-state index contributed by atoms with van der Waals surface area (Å²) in [4.78, 5) is 27.7. The lowest BCUT2D eigenvalue weighted by molar-refractivity contribution is -0.124. The number of sulfonamides is 1. The highest BCUT2D eigenvalue weighted by molar-refractivity contribution is 7.90. The SMILES string of the molecule is O=C1C[C@H](O)[C@@H]2CC[C@H]2CN2C[C@@]3(CCCc4cc(Cl)ccc43)COc3ccc(cc32)C(=O)NS(=O)(=O)CCN1. The van der Waals surface area contributed by atoms with Gasteiger partial charge in [0.05, 0.1) is 30.6 Å². The summed E-state index contributed by atoms with van der Waals surface area (Å²) in [5.74, 6) is -0.832. The first kappa shape index (κ1) is 27.4. The molecule has 2 aliphatic heterocycles. The Morgan fingerprint density at radius 1 is 1.12 bits per heavy atom. The molecule has 40 heavy (non-hydrogen) atoms. The van der Waals surface area contributed by atoms with E-state index in [1.807, 2.05) is 12.1 Å². The van der Waals surface area contributed by atoms with Crippen molar-refractivity contribution in [3.05, 3.63) is 58.1 Å². The van der Waals surface area contributed by atoms with Crippen molar-refractivity contribution < 1.29 is 27.9 Å². The third kappa shape index (κ3) is 5.29. The number of nitrogens with zero attached hydrogens (tertiary/aromatic N) is 1. The molecule has 0 aromatic heterocycles. The minimum Gasteiger partial charge on any atom is -0.490 e. The van der Waals surface area contributed by atoms with Gasteiger partial charge in [0.2, 0.25) is 15.9 Å². The minimum atomic E-state index is -3.99. The molecule has 9 nitrogen and oxygen atoms in total. The molecule has 0 unspecified atom stereocenters. The fraction of sp³-hybridized carbons (Fsp3) is 0.517. The number of nitrogens with one attached hydrogen (secondary N) is 2. The average molecular weight is 588 g/mol. The summed E-state index contributed by atoms with van der Waals surface area (Å²) in [6.45, 7) is 1.57. The number of aryl methyl sites for hydroxylation is 1. The van der Waals surface area contributed by atoms with Crippen LogP contribution in [0.25, 0.3) is 0 Å². The first-order valence-electron chi connectivity index (χ1n) is 13.9. The van der Waals surface area contributed by atoms with Gasteiger partial charge in [-0.1, -0.05) is 17.7 Å². The van der Waals surface area contributed by atoms with Gasteiger partial charge in [0.25, 0.3) is 5.91 Å². The van der Waals surface area contributed by atoms with Gasteiger partial charge in [-0.25, -0.2) is 13.1 Å². The van der Waals surface area contributed by atoms with E-state index >= 15 is 0 Å². The summed E-state index contributed by atoms with van der Waals surface area (Å²) in [7, 11) is -3.99. The van der Waals surface area contributed by atoms with Gasteiger partial charge in [0.15, 0.2) is 0 Å². The molecular formula is C29H34ClN3O6S. The van der Waals surface area contributed by atoms with E-state index in [0.29, 0.717) is 30.5 Å². The number of anilines is 1. The van der Waals surface area contributed by atoms with Crippen LogP contribution < -0.4 is 19.7 Å². The van der Waals surface area contributed by atoms with Crippen molar-refractivity contribution in [3.63, 3.8) is 0 Å². The Hall–Kier alpha value is -2.82. The van der Waals surface area contributed by atoms with Crippen LogP contribution in [0.2, 0.25) is 5.02 Å². The first-order chi connectivity index (χ1) is 19.1. The molecule has 214 valence electrons. The third-order valence-corrected chi connectivity index (χ3v) is 10.5. The molecule has 2 amide bonds. The number of rotatable bonds is 0. The Kier molecular flexibility index (Phi) is 7.21. The summed E-state index contributed by atoms with van der Waals surface area (Å²) in [5.41, 5.74) is 3.07. The average Bonchev–Trinajstić information content (AvgIpc) is 3.02. The van der Waals surface area contributed by atoms with Gasteiger partial charge in [-0.05, 0) is 85.4 Å². The molecule has 2 aromatic carbocycles. The number of hydrogen-bond acceptors (Lipinski definition) is 7. The predicted molar refractivity (Wildman–Crippen MR) is 151 cm³/mol. The molecule has 3 N–H and O–H groups in total. The van der Waals surface area contributed by atoms with E-state index in [0.717, 1.165) is 37.8 Å². The normalized spacial score (nSPS) is 30.1. The van der Waals surface area contributed by atoms with E-state index in [-0.39, 0.29) is 35.8 Å². The second-order valence-corrected chi connectivity index (χ2v) is 13.9. The van der Waals surface area contributed by atoms with Crippen molar-refractivity contribution in [1.82, 2.24) is 10.0 Å². The summed E-state index contributed by atoms with van der Waals surface area (Å²) in [6.07, 6.45) is 3.70. The zero-order chi connectivity index (χ0) is 28.1. The zero-order valence-electron chi connectivity index (χ0n) is 22.2. The van der Waals surface area contributed by atoms with Crippen LogP contribution in [-0.2, 0) is 26.7 Å². The van der Waals surface area contributed by atoms with Crippen molar-refractivity contribution in [2.75, 3.05) is 36.9 Å². The van der Waals surface area contributed by atoms with Gasteiger partial charge < -0.3 is 20.1 Å². The fourth-order valence-electron chi connectivity index (χ4n) is 6.86. The summed E-state index contributed by atoms with van der Waals surface area (Å²) >= 11 is 6.35. The largest absolute Gasteiger partial charge is 0.490 e. The summed E-state index contributed by atoms with van der Waals surface area (Å²) in [5, 5.41) is 14.2. The molecule has 2 aliphatic carbocycles. The van der Waals surface area contributed by atoms with Crippen molar-refractivity contribution >= 4 is 39.1 Å². The lowest BCUT2D eigenvalue weighted by Gasteiger charge is -2.45. The standard InChI is InChI=1S/C29H34ClN3O6S/c30-21-5-7-23-18(12-21)2-1-9-29(23)16-33-15-20-3-6-22(20)25(34)14-27(35)31-10-11-40(37,38)32-28(36)19-4-8-26(39-17-29)24(33)13-19/h4-5,7-8,12-13,20,22,25,34H,1-3,6,9-11,14-17H2,(H,31,35)(H,32,36)/t20-,22+,25-,29-/m0/s1. The number of aliphatic hydroxyl groups is 1. The third-order valence-electron chi connectivity index (χ3n) is 9.06. The topological polar surface area (TPSA) is 125 Å². The zero-order valence-corrected chi connectivity index (χ0v) is 23.8. The molecular weight excluding hydrogens is 554 g/mol. The Morgan fingerprint density at radius 2 is 1.98 bits per heavy atom. The smallest absolute Gasteiger partial charge is 0.264 e. The highest BCUT2D eigenvalue weighted by atomic mass is 35.5. The molecule has 2 bridgehead atoms. The second kappa shape index (κ2) is 10.5. The van der Waals surface area contributed by atoms with Crippen LogP contribution in [0.15, 0.2) is 36.4 Å². The van der Waals surface area contributed by atoms with Crippen LogP contribution in [-0.4, -0.2) is 63.4 Å². The number of benzene rings is 2. The molecule has 4 atom stereocenters. The van der Waals surface area contributed by atoms with E-state index in [2.05, 4.69) is 21.0 Å². The maximum absolute atomic E-state index is 13.0. The number of carbonyl (C=O) groups excluding carboxylic acids is 2. The van der Waals surface area contributed by atoms with Crippen molar-refractivity contribution in [2.24, 2.45) is 11.8 Å². The van der Waals surface area contributed by atoms with Gasteiger partial charge in [-0.15, -0.1) is 0 Å². The van der Waals surface area contributed by atoms with Crippen LogP contribution in [0.4, 0.5) is 5.69 Å². The minimum absolute atomic E-state index is 0.0464. The molecule has 1 saturated carbocycles. The van der Waals surface area contributed by atoms with Gasteiger partial charge >= 0.3 is 0 Å². The molecule has 0 saturated heterocycles. The lowest BCUT2D eigenvalue weighted by atomic mass is 9.68. The maximum atomic E-state index is 13.0. The van der Waals surface area contributed by atoms with Gasteiger partial charge in [0, 0.05) is 35.6 Å². The Balaban J connectivity index is 1.41. The molecule has 1 spiro atoms. The maximum Gasteiger partial charge on any atom is 0.264 e. The van der Waals surface area contributed by atoms with Gasteiger partial charge in [-0.2, -0.15) is 0 Å². The van der Waals surface area contributed by atoms with E-state index in [1.54, 1.807) is 18.2 Å². The van der Waals surface area contributed by atoms with E-state index < -0.39 is 33.7 Å². The molecule has 1 fully saturated rings. The van der Waals surface area contributed by atoms with E-state index in [1.165, 1.54) is 11.1 Å². The fourth-order valence-corrected chi connectivity index (χ4v) is 7.92. The summed E-state index contributed by atoms with van der Waals surface area (Å²) in [6, 6.07) is 11.1. The molecule has 0 radical (unpaired) electrons. The Morgan fingerprint density at radius 3 is 2.77 bits per heavy atom. The second-order valence-electron chi connectivity index (χ2n) is 11.7. The number of aliphatic hydroxyl groups excluding tert-OH is 1. The number of carbonyl (C=O) groups is 2. The number of ether oxygens (including phenoxy) is 1. The van der Waals surface area contributed by atoms with Crippen molar-refractivity contribution in [3.8, 4) is 5.75 Å². The quantitative estimate of drug-likeness (QED) is 0.433. The van der Waals surface area contributed by atoms with Gasteiger partial charge in [-0.3, -0.25) is 9.59 Å². The van der Waals surface area contributed by atoms with Gasteiger partial charge in [0.1, 0.15) is 5.75 Å². The van der Waals surface area contributed by atoms with Crippen LogP contribution in [0, 0.1) is 11.8 Å². The van der Waals surface area contributed by atoms with Crippen LogP contribution in [0.1, 0.15) is 53.6 Å². The molecule has 11 heteroatoms. The number of halogens is 1. The monoisotopic (exact) mass is 587 g/mol. The predicted octanol–water partition coefficient (Wildman–Crippen LogP) is 2.78. The Labute approximate surface area is 239 Å². The number of fused-ring (bicyclic) bond motifs is 4. The van der Waals surface area contributed by atoms with Crippen molar-refractivity contribution in [2.45, 2.75) is 50.0 Å². The van der Waals surface area contributed by atoms with E-state index in [4.69, 9.17) is 16.3 Å². The van der Waals surface area contributed by atoms with E-state index in [9.17, 15) is 23.1 Å². The Bertz CT molecular complexity index is 1450. The highest BCUT2D eigenvalue weighted by Gasteiger charge is 2.44. The molecule has 2 aromatic rings. The number of hydrogen-bond donors (Lipinski definition) is 3. The lowest BCUT2D eigenvalue weighted by Crippen LogP contribution is -2.50. The molecule has 2 heterocycles. The van der Waals surface area contributed by atoms with Crippen LogP contribution in [0.5, 0.6) is 5.75 Å². The molecule has 4 aliphatic rings. The van der Waals surface area contributed by atoms with Crippen molar-refractivity contribution in [1.29, 1.82) is 0 Å². The van der Waals surface area contributed by atoms with Crippen LogP contribution >= 0.6 is 11.6 Å².